The zero-order valence-corrected chi connectivity index (χ0v) is 11.1. The number of aliphatic hydroxyl groups is 1. The van der Waals surface area contributed by atoms with Crippen molar-refractivity contribution in [2.75, 3.05) is 13.7 Å². The van der Waals surface area contributed by atoms with Gasteiger partial charge in [-0.25, -0.2) is 0 Å². The summed E-state index contributed by atoms with van der Waals surface area (Å²) in [5.74, 6) is 1.22. The molecule has 0 unspecified atom stereocenters. The Bertz CT molecular complexity index is 435. The molecule has 0 saturated carbocycles. The Balaban J connectivity index is 2.65. The molecule has 0 radical (unpaired) electrons. The van der Waals surface area contributed by atoms with Gasteiger partial charge in [-0.2, -0.15) is 5.26 Å². The highest BCUT2D eigenvalue weighted by Crippen LogP contribution is 2.29. The number of rotatable bonds is 6. The van der Waals surface area contributed by atoms with E-state index in [1.54, 1.807) is 25.3 Å². The second kappa shape index (κ2) is 6.27. The van der Waals surface area contributed by atoms with Crippen LogP contribution >= 0.6 is 0 Å². The van der Waals surface area contributed by atoms with Gasteiger partial charge in [0, 0.05) is 0 Å². The number of nitriles is 1. The summed E-state index contributed by atoms with van der Waals surface area (Å²) in [5.41, 5.74) is 0.384. The fourth-order valence-electron chi connectivity index (χ4n) is 1.40. The number of nitrogens with zero attached hydrogens (tertiary/aromatic N) is 1. The number of hydrogen-bond acceptors (Lipinski definition) is 4. The zero-order chi connectivity index (χ0) is 13.6. The lowest BCUT2D eigenvalue weighted by Gasteiger charge is -2.16. The Labute approximate surface area is 108 Å². The van der Waals surface area contributed by atoms with Gasteiger partial charge >= 0.3 is 0 Å². The van der Waals surface area contributed by atoms with Gasteiger partial charge in [-0.1, -0.05) is 6.07 Å². The summed E-state index contributed by atoms with van der Waals surface area (Å²) in [7, 11) is 1.56. The van der Waals surface area contributed by atoms with E-state index in [0.717, 1.165) is 5.56 Å². The van der Waals surface area contributed by atoms with Crippen LogP contribution in [0.25, 0.3) is 0 Å². The first-order valence-electron chi connectivity index (χ1n) is 5.84. The van der Waals surface area contributed by atoms with Gasteiger partial charge in [0.1, 0.15) is 0 Å². The number of benzene rings is 1. The van der Waals surface area contributed by atoms with E-state index in [1.807, 2.05) is 13.8 Å². The van der Waals surface area contributed by atoms with E-state index in [9.17, 15) is 0 Å². The van der Waals surface area contributed by atoms with Gasteiger partial charge in [0.05, 0.1) is 31.8 Å². The van der Waals surface area contributed by atoms with Crippen LogP contribution in [-0.2, 0) is 6.61 Å². The van der Waals surface area contributed by atoms with Crippen molar-refractivity contribution in [1.82, 2.24) is 0 Å². The smallest absolute Gasteiger partial charge is 0.161 e. The Kier molecular flexibility index (Phi) is 4.99. The second-order valence-electron chi connectivity index (χ2n) is 4.74. The third-order valence-corrected chi connectivity index (χ3v) is 2.70. The molecule has 1 rings (SSSR count). The van der Waals surface area contributed by atoms with Crippen LogP contribution in [0.5, 0.6) is 11.5 Å². The van der Waals surface area contributed by atoms with Gasteiger partial charge in [0.25, 0.3) is 0 Å². The maximum Gasteiger partial charge on any atom is 0.161 e. The minimum atomic E-state index is -0.391. The third-order valence-electron chi connectivity index (χ3n) is 2.70. The number of aliphatic hydroxyl groups excluding tert-OH is 1. The average molecular weight is 249 g/mol. The summed E-state index contributed by atoms with van der Waals surface area (Å²) >= 11 is 0. The molecule has 0 atom stereocenters. The van der Waals surface area contributed by atoms with Crippen LogP contribution in [0.3, 0.4) is 0 Å². The maximum absolute atomic E-state index is 9.03. The quantitative estimate of drug-likeness (QED) is 0.841. The van der Waals surface area contributed by atoms with Gasteiger partial charge in [-0.3, -0.25) is 0 Å². The lowest BCUT2D eigenvalue weighted by molar-refractivity contribution is 0.251. The number of hydrogen-bond donors (Lipinski definition) is 1. The number of ether oxygens (including phenoxy) is 2. The van der Waals surface area contributed by atoms with Crippen LogP contribution in [0.4, 0.5) is 0 Å². The summed E-state index contributed by atoms with van der Waals surface area (Å²) in [5, 5.41) is 17.9. The van der Waals surface area contributed by atoms with E-state index in [4.69, 9.17) is 19.8 Å². The zero-order valence-electron chi connectivity index (χ0n) is 11.1. The van der Waals surface area contributed by atoms with E-state index < -0.39 is 5.41 Å². The summed E-state index contributed by atoms with van der Waals surface area (Å²) in [6.07, 6.45) is 0.647. The Morgan fingerprint density at radius 1 is 1.33 bits per heavy atom. The SMILES string of the molecule is COc1cc(CO)ccc1OCCC(C)(C)C#N. The molecule has 0 saturated heterocycles. The lowest BCUT2D eigenvalue weighted by Crippen LogP contribution is -2.13. The Morgan fingerprint density at radius 3 is 2.61 bits per heavy atom. The summed E-state index contributed by atoms with van der Waals surface area (Å²) in [4.78, 5) is 0. The highest BCUT2D eigenvalue weighted by atomic mass is 16.5. The van der Waals surface area contributed by atoms with Crippen molar-refractivity contribution in [3.63, 3.8) is 0 Å². The molecule has 1 aromatic rings. The maximum atomic E-state index is 9.03. The fraction of sp³-hybridized carbons (Fsp3) is 0.500. The fourth-order valence-corrected chi connectivity index (χ4v) is 1.40. The summed E-state index contributed by atoms with van der Waals surface area (Å²) in [6, 6.07) is 7.52. The second-order valence-corrected chi connectivity index (χ2v) is 4.74. The molecule has 4 nitrogen and oxygen atoms in total. The average Bonchev–Trinajstić information content (AvgIpc) is 2.38. The predicted octanol–water partition coefficient (Wildman–Crippen LogP) is 2.51. The largest absolute Gasteiger partial charge is 0.493 e. The van der Waals surface area contributed by atoms with E-state index in [1.165, 1.54) is 0 Å². The molecule has 0 fully saturated rings. The first-order valence-corrected chi connectivity index (χ1v) is 5.84. The number of methoxy groups -OCH3 is 1. The third kappa shape index (κ3) is 3.94. The first-order chi connectivity index (χ1) is 8.52. The minimum absolute atomic E-state index is 0.0297. The van der Waals surface area contributed by atoms with Crippen LogP contribution in [0.15, 0.2) is 18.2 Å². The molecule has 0 spiro atoms. The highest BCUT2D eigenvalue weighted by Gasteiger charge is 2.17. The standard InChI is InChI=1S/C14H19NO3/c1-14(2,10-15)6-7-18-12-5-4-11(9-16)8-13(12)17-3/h4-5,8,16H,6-7,9H2,1-3H3. The predicted molar refractivity (Wildman–Crippen MR) is 68.4 cm³/mol. The summed E-state index contributed by atoms with van der Waals surface area (Å²) in [6.45, 7) is 4.18. The Morgan fingerprint density at radius 2 is 2.06 bits per heavy atom. The van der Waals surface area contributed by atoms with Gasteiger partial charge in [-0.15, -0.1) is 0 Å². The van der Waals surface area contributed by atoms with E-state index in [0.29, 0.717) is 24.5 Å². The highest BCUT2D eigenvalue weighted by molar-refractivity contribution is 5.42. The van der Waals surface area contributed by atoms with Crippen molar-refractivity contribution in [1.29, 1.82) is 5.26 Å². The molecule has 1 aromatic carbocycles. The topological polar surface area (TPSA) is 62.5 Å². The molecule has 0 heterocycles. The molecule has 98 valence electrons. The van der Waals surface area contributed by atoms with Crippen LogP contribution in [0.1, 0.15) is 25.8 Å². The van der Waals surface area contributed by atoms with Gasteiger partial charge < -0.3 is 14.6 Å². The van der Waals surface area contributed by atoms with Crippen molar-refractivity contribution in [2.24, 2.45) is 5.41 Å². The first kappa shape index (κ1) is 14.3. The molecule has 1 N–H and O–H groups in total. The van der Waals surface area contributed by atoms with Crippen LogP contribution < -0.4 is 9.47 Å². The molecule has 0 aliphatic rings. The van der Waals surface area contributed by atoms with Crippen LogP contribution in [0.2, 0.25) is 0 Å². The molecular weight excluding hydrogens is 230 g/mol. The molecule has 4 heteroatoms. The van der Waals surface area contributed by atoms with E-state index in [2.05, 4.69) is 6.07 Å². The lowest BCUT2D eigenvalue weighted by atomic mass is 9.92. The van der Waals surface area contributed by atoms with Gasteiger partial charge in [0.15, 0.2) is 11.5 Å². The molecule has 0 amide bonds. The van der Waals surface area contributed by atoms with Gasteiger partial charge in [-0.05, 0) is 38.0 Å². The molecule has 0 aliphatic carbocycles. The molecule has 0 bridgehead atoms. The van der Waals surface area contributed by atoms with Crippen molar-refractivity contribution in [2.45, 2.75) is 26.9 Å². The van der Waals surface area contributed by atoms with E-state index >= 15 is 0 Å². The van der Waals surface area contributed by atoms with Crippen molar-refractivity contribution < 1.29 is 14.6 Å². The Hall–Kier alpha value is -1.73. The van der Waals surface area contributed by atoms with E-state index in [-0.39, 0.29) is 6.61 Å². The summed E-state index contributed by atoms with van der Waals surface area (Å²) < 4.78 is 10.8. The molecule has 18 heavy (non-hydrogen) atoms. The minimum Gasteiger partial charge on any atom is -0.493 e. The van der Waals surface area contributed by atoms with Crippen molar-refractivity contribution >= 4 is 0 Å². The molecule has 0 aliphatic heterocycles. The van der Waals surface area contributed by atoms with Crippen molar-refractivity contribution in [3.05, 3.63) is 23.8 Å². The van der Waals surface area contributed by atoms with Crippen molar-refractivity contribution in [3.8, 4) is 17.6 Å². The van der Waals surface area contributed by atoms with Gasteiger partial charge in [0.2, 0.25) is 0 Å². The molecule has 0 aromatic heterocycles. The van der Waals surface area contributed by atoms with Crippen LogP contribution in [-0.4, -0.2) is 18.8 Å². The normalized spacial score (nSPS) is 10.8. The monoisotopic (exact) mass is 249 g/mol. The molecular formula is C14H19NO3. The van der Waals surface area contributed by atoms with Crippen LogP contribution in [0, 0.1) is 16.7 Å².